The molecule has 0 radical (unpaired) electrons. The quantitative estimate of drug-likeness (QED) is 0.698. The molecular weight excluding hydrogens is 280 g/mol. The summed E-state index contributed by atoms with van der Waals surface area (Å²) in [6.07, 6.45) is -2.05. The molecule has 0 spiro atoms. The Morgan fingerprint density at radius 3 is 2.38 bits per heavy atom. The molecule has 0 aromatic heterocycles. The van der Waals surface area contributed by atoms with Gasteiger partial charge in [-0.1, -0.05) is 18.2 Å². The van der Waals surface area contributed by atoms with E-state index in [-0.39, 0.29) is 13.0 Å². The number of aliphatic carboxylic acids is 1. The Labute approximate surface area is 119 Å². The second kappa shape index (κ2) is 6.23. The summed E-state index contributed by atoms with van der Waals surface area (Å²) in [6, 6.07) is 7.17. The Kier molecular flexibility index (Phi) is 4.39. The predicted octanol–water partition coefficient (Wildman–Crippen LogP) is 0.554. The second-order valence-electron chi connectivity index (χ2n) is 4.56. The van der Waals surface area contributed by atoms with E-state index < -0.39 is 30.1 Å². The summed E-state index contributed by atoms with van der Waals surface area (Å²) in [5, 5.41) is 17.9. The molecular formula is C13H14N2O6. The van der Waals surface area contributed by atoms with E-state index in [0.29, 0.717) is 5.56 Å². The van der Waals surface area contributed by atoms with Crippen molar-refractivity contribution in [1.82, 2.24) is 10.4 Å². The van der Waals surface area contributed by atoms with Crippen molar-refractivity contribution in [2.45, 2.75) is 18.6 Å². The number of amides is 2. The van der Waals surface area contributed by atoms with Crippen LogP contribution in [0.4, 0.5) is 4.79 Å². The molecule has 1 heterocycles. The Balaban J connectivity index is 1.91. The van der Waals surface area contributed by atoms with Gasteiger partial charge in [-0.05, 0) is 12.1 Å². The number of carboxylic acid groups (broad SMARTS) is 2. The third kappa shape index (κ3) is 3.48. The van der Waals surface area contributed by atoms with E-state index in [1.54, 1.807) is 30.3 Å². The standard InChI is InChI=1S/C13H14N2O6/c16-11(8-4-2-1-3-5-8)14-21-9-6-10(12(17)18)15(7-9)13(19)20/h1-5,9-10H,6-7H2,(H,14,16)(H,17,18)(H,19,20)/t9-,10+/m1/s1. The third-order valence-corrected chi connectivity index (χ3v) is 3.15. The highest BCUT2D eigenvalue weighted by Gasteiger charge is 2.40. The molecule has 0 saturated carbocycles. The number of rotatable bonds is 4. The smallest absolute Gasteiger partial charge is 0.408 e. The van der Waals surface area contributed by atoms with Gasteiger partial charge in [-0.2, -0.15) is 0 Å². The number of hydroxylamine groups is 1. The van der Waals surface area contributed by atoms with Crippen LogP contribution in [0.1, 0.15) is 16.8 Å². The molecule has 0 aliphatic carbocycles. The van der Waals surface area contributed by atoms with Gasteiger partial charge in [0, 0.05) is 12.0 Å². The number of benzene rings is 1. The highest BCUT2D eigenvalue weighted by molar-refractivity contribution is 5.93. The van der Waals surface area contributed by atoms with E-state index >= 15 is 0 Å². The summed E-state index contributed by atoms with van der Waals surface area (Å²) in [5.41, 5.74) is 2.60. The fourth-order valence-electron chi connectivity index (χ4n) is 2.11. The van der Waals surface area contributed by atoms with E-state index in [0.717, 1.165) is 4.90 Å². The summed E-state index contributed by atoms with van der Waals surface area (Å²) < 4.78 is 0. The Morgan fingerprint density at radius 2 is 1.86 bits per heavy atom. The van der Waals surface area contributed by atoms with Crippen molar-refractivity contribution in [2.75, 3.05) is 6.54 Å². The van der Waals surface area contributed by atoms with Crippen molar-refractivity contribution in [1.29, 1.82) is 0 Å². The molecule has 3 N–H and O–H groups in total. The molecule has 1 aliphatic heterocycles. The predicted molar refractivity (Wildman–Crippen MR) is 69.6 cm³/mol. The van der Waals surface area contributed by atoms with Gasteiger partial charge in [0.15, 0.2) is 0 Å². The minimum absolute atomic E-state index is 0.0172. The van der Waals surface area contributed by atoms with Crippen molar-refractivity contribution in [2.24, 2.45) is 0 Å². The van der Waals surface area contributed by atoms with Gasteiger partial charge in [0.25, 0.3) is 5.91 Å². The van der Waals surface area contributed by atoms with Gasteiger partial charge in [0.05, 0.1) is 6.54 Å². The molecule has 0 bridgehead atoms. The van der Waals surface area contributed by atoms with E-state index in [2.05, 4.69) is 5.48 Å². The summed E-state index contributed by atoms with van der Waals surface area (Å²) in [7, 11) is 0. The summed E-state index contributed by atoms with van der Waals surface area (Å²) in [5.74, 6) is -1.71. The first-order valence-corrected chi connectivity index (χ1v) is 6.22. The number of nitrogens with zero attached hydrogens (tertiary/aromatic N) is 1. The lowest BCUT2D eigenvalue weighted by molar-refractivity contribution is -0.141. The highest BCUT2D eigenvalue weighted by atomic mass is 16.7. The molecule has 2 rings (SSSR count). The molecule has 1 saturated heterocycles. The molecule has 8 heteroatoms. The van der Waals surface area contributed by atoms with Crippen LogP contribution in [0.5, 0.6) is 0 Å². The maximum absolute atomic E-state index is 11.7. The van der Waals surface area contributed by atoms with Gasteiger partial charge < -0.3 is 10.2 Å². The van der Waals surface area contributed by atoms with Crippen LogP contribution in [0, 0.1) is 0 Å². The molecule has 112 valence electrons. The van der Waals surface area contributed by atoms with Crippen LogP contribution in [0.3, 0.4) is 0 Å². The van der Waals surface area contributed by atoms with Crippen molar-refractivity contribution in [3.63, 3.8) is 0 Å². The van der Waals surface area contributed by atoms with Crippen LogP contribution in [0.15, 0.2) is 30.3 Å². The maximum Gasteiger partial charge on any atom is 0.408 e. The number of likely N-dealkylation sites (tertiary alicyclic amines) is 1. The van der Waals surface area contributed by atoms with E-state index in [4.69, 9.17) is 15.1 Å². The molecule has 2 atom stereocenters. The van der Waals surface area contributed by atoms with Gasteiger partial charge in [-0.25, -0.2) is 15.1 Å². The zero-order chi connectivity index (χ0) is 15.4. The zero-order valence-electron chi connectivity index (χ0n) is 10.9. The number of carbonyl (C=O) groups excluding carboxylic acids is 1. The van der Waals surface area contributed by atoms with E-state index in [9.17, 15) is 14.4 Å². The Bertz CT molecular complexity index is 525. The van der Waals surface area contributed by atoms with Crippen molar-refractivity contribution >= 4 is 18.0 Å². The number of hydrogen-bond donors (Lipinski definition) is 3. The van der Waals surface area contributed by atoms with Crippen LogP contribution < -0.4 is 5.48 Å². The first-order valence-electron chi connectivity index (χ1n) is 6.22. The molecule has 2 amide bonds. The van der Waals surface area contributed by atoms with E-state index in [1.165, 1.54) is 0 Å². The van der Waals surface area contributed by atoms with Crippen molar-refractivity contribution in [3.8, 4) is 0 Å². The Morgan fingerprint density at radius 1 is 1.19 bits per heavy atom. The SMILES string of the molecule is O=C(NO[C@@H]1C[C@@H](C(=O)O)N(C(=O)O)C1)c1ccccc1. The third-order valence-electron chi connectivity index (χ3n) is 3.15. The summed E-state index contributed by atoms with van der Waals surface area (Å²) in [4.78, 5) is 39.6. The largest absolute Gasteiger partial charge is 0.480 e. The lowest BCUT2D eigenvalue weighted by Crippen LogP contribution is -2.39. The summed E-state index contributed by atoms with van der Waals surface area (Å²) in [6.45, 7) is -0.110. The van der Waals surface area contributed by atoms with Gasteiger partial charge in [0.1, 0.15) is 12.1 Å². The van der Waals surface area contributed by atoms with Crippen molar-refractivity contribution < 1.29 is 29.4 Å². The molecule has 8 nitrogen and oxygen atoms in total. The lowest BCUT2D eigenvalue weighted by Gasteiger charge is -2.16. The summed E-state index contributed by atoms with van der Waals surface area (Å²) >= 11 is 0. The first-order chi connectivity index (χ1) is 9.99. The van der Waals surface area contributed by atoms with Gasteiger partial charge >= 0.3 is 12.1 Å². The van der Waals surface area contributed by atoms with Gasteiger partial charge in [0.2, 0.25) is 0 Å². The Hall–Kier alpha value is -2.61. The van der Waals surface area contributed by atoms with Crippen LogP contribution in [0.2, 0.25) is 0 Å². The zero-order valence-corrected chi connectivity index (χ0v) is 10.9. The van der Waals surface area contributed by atoms with Crippen LogP contribution in [-0.4, -0.2) is 51.8 Å². The molecule has 1 aromatic carbocycles. The number of carbonyl (C=O) groups is 3. The minimum atomic E-state index is -1.33. The fraction of sp³-hybridized carbons (Fsp3) is 0.308. The first kappa shape index (κ1) is 14.8. The monoisotopic (exact) mass is 294 g/mol. The topological polar surface area (TPSA) is 116 Å². The lowest BCUT2D eigenvalue weighted by atomic mass is 10.2. The van der Waals surface area contributed by atoms with E-state index in [1.807, 2.05) is 0 Å². The maximum atomic E-state index is 11.7. The second-order valence-corrected chi connectivity index (χ2v) is 4.56. The number of carboxylic acids is 1. The molecule has 21 heavy (non-hydrogen) atoms. The van der Waals surface area contributed by atoms with Gasteiger partial charge in [-0.3, -0.25) is 14.5 Å². The molecule has 1 aromatic rings. The molecule has 0 unspecified atom stereocenters. The normalized spacial score (nSPS) is 21.0. The highest BCUT2D eigenvalue weighted by Crippen LogP contribution is 2.20. The number of hydrogen-bond acceptors (Lipinski definition) is 4. The van der Waals surface area contributed by atoms with Crippen LogP contribution in [0.25, 0.3) is 0 Å². The van der Waals surface area contributed by atoms with Gasteiger partial charge in [-0.15, -0.1) is 0 Å². The van der Waals surface area contributed by atoms with Crippen molar-refractivity contribution in [3.05, 3.63) is 35.9 Å². The molecule has 1 aliphatic rings. The van der Waals surface area contributed by atoms with Crippen LogP contribution >= 0.6 is 0 Å². The average Bonchev–Trinajstić information content (AvgIpc) is 2.90. The fourth-order valence-corrected chi connectivity index (χ4v) is 2.11. The number of nitrogens with one attached hydrogen (secondary N) is 1. The average molecular weight is 294 g/mol. The minimum Gasteiger partial charge on any atom is -0.480 e. The molecule has 1 fully saturated rings. The van der Waals surface area contributed by atoms with Crippen LogP contribution in [-0.2, 0) is 9.63 Å².